The molecule has 0 amide bonds. The van der Waals surface area contributed by atoms with Crippen molar-refractivity contribution >= 4 is 16.7 Å². The minimum absolute atomic E-state index is 0.0636. The second-order valence-corrected chi connectivity index (χ2v) is 3.61. The summed E-state index contributed by atoms with van der Waals surface area (Å²) < 4.78 is 13.5. The van der Waals surface area contributed by atoms with Gasteiger partial charge in [-0.05, 0) is 26.1 Å². The Morgan fingerprint density at radius 2 is 2.12 bits per heavy atom. The van der Waals surface area contributed by atoms with Crippen molar-refractivity contribution in [1.29, 1.82) is 0 Å². The van der Waals surface area contributed by atoms with Gasteiger partial charge in [-0.3, -0.25) is 0 Å². The molecule has 1 aromatic heterocycles. The van der Waals surface area contributed by atoms with Crippen LogP contribution in [0.25, 0.3) is 10.9 Å². The fourth-order valence-corrected chi connectivity index (χ4v) is 1.48. The summed E-state index contributed by atoms with van der Waals surface area (Å²) in [5.74, 6) is 0.426. The molecule has 4 nitrogen and oxygen atoms in total. The number of fused-ring (bicyclic) bond motifs is 1. The SMILES string of the molecule is CNC(C)c1nc(N)c2cccc(F)c2n1. The van der Waals surface area contributed by atoms with Gasteiger partial charge in [-0.25, -0.2) is 14.4 Å². The zero-order valence-electron chi connectivity index (χ0n) is 9.16. The molecule has 0 saturated carbocycles. The number of hydrogen-bond acceptors (Lipinski definition) is 4. The highest BCUT2D eigenvalue weighted by Crippen LogP contribution is 2.22. The summed E-state index contributed by atoms with van der Waals surface area (Å²) in [5, 5.41) is 3.54. The number of nitrogens with one attached hydrogen (secondary N) is 1. The van der Waals surface area contributed by atoms with Gasteiger partial charge < -0.3 is 11.1 Å². The van der Waals surface area contributed by atoms with Gasteiger partial charge in [0.05, 0.1) is 6.04 Å². The Balaban J connectivity index is 2.70. The lowest BCUT2D eigenvalue weighted by Gasteiger charge is -2.11. The van der Waals surface area contributed by atoms with E-state index in [1.165, 1.54) is 6.07 Å². The molecule has 1 atom stereocenters. The third-order valence-electron chi connectivity index (χ3n) is 2.54. The van der Waals surface area contributed by atoms with E-state index in [4.69, 9.17) is 5.73 Å². The highest BCUT2D eigenvalue weighted by Gasteiger charge is 2.12. The number of nitrogens with two attached hydrogens (primary N) is 1. The number of hydrogen-bond donors (Lipinski definition) is 2. The minimum atomic E-state index is -0.379. The summed E-state index contributed by atoms with van der Waals surface area (Å²) in [4.78, 5) is 8.33. The molecule has 1 heterocycles. The fourth-order valence-electron chi connectivity index (χ4n) is 1.48. The molecule has 84 valence electrons. The quantitative estimate of drug-likeness (QED) is 0.807. The summed E-state index contributed by atoms with van der Waals surface area (Å²) in [5.41, 5.74) is 6.04. The van der Waals surface area contributed by atoms with Crippen LogP contribution in [0.15, 0.2) is 18.2 Å². The molecular weight excluding hydrogens is 207 g/mol. The van der Waals surface area contributed by atoms with Crippen LogP contribution < -0.4 is 11.1 Å². The van der Waals surface area contributed by atoms with Crippen molar-refractivity contribution < 1.29 is 4.39 Å². The molecule has 1 unspecified atom stereocenters. The first kappa shape index (κ1) is 10.8. The van der Waals surface area contributed by atoms with Crippen LogP contribution in [0, 0.1) is 5.82 Å². The average molecular weight is 220 g/mol. The lowest BCUT2D eigenvalue weighted by Crippen LogP contribution is -2.16. The van der Waals surface area contributed by atoms with E-state index in [2.05, 4.69) is 15.3 Å². The number of para-hydroxylation sites is 1. The lowest BCUT2D eigenvalue weighted by molar-refractivity contribution is 0.607. The monoisotopic (exact) mass is 220 g/mol. The maximum Gasteiger partial charge on any atom is 0.149 e. The molecule has 16 heavy (non-hydrogen) atoms. The Kier molecular flexibility index (Phi) is 2.70. The number of benzene rings is 1. The van der Waals surface area contributed by atoms with Gasteiger partial charge in [-0.15, -0.1) is 0 Å². The molecule has 0 bridgehead atoms. The van der Waals surface area contributed by atoms with Crippen molar-refractivity contribution in [1.82, 2.24) is 15.3 Å². The molecule has 3 N–H and O–H groups in total. The predicted molar refractivity (Wildman–Crippen MR) is 61.4 cm³/mol. The normalized spacial score (nSPS) is 12.9. The lowest BCUT2D eigenvalue weighted by atomic mass is 10.2. The van der Waals surface area contributed by atoms with Crippen molar-refractivity contribution in [2.45, 2.75) is 13.0 Å². The molecule has 0 saturated heterocycles. The predicted octanol–water partition coefficient (Wildman–Crippen LogP) is 1.63. The van der Waals surface area contributed by atoms with Gasteiger partial charge in [0.15, 0.2) is 0 Å². The van der Waals surface area contributed by atoms with Gasteiger partial charge in [-0.1, -0.05) is 6.07 Å². The molecular formula is C11H13FN4. The third-order valence-corrected chi connectivity index (χ3v) is 2.54. The van der Waals surface area contributed by atoms with Gasteiger partial charge in [0.25, 0.3) is 0 Å². The van der Waals surface area contributed by atoms with Gasteiger partial charge in [0.1, 0.15) is 23.0 Å². The van der Waals surface area contributed by atoms with Crippen LogP contribution in [0.5, 0.6) is 0 Å². The van der Waals surface area contributed by atoms with Crippen LogP contribution in [-0.2, 0) is 0 Å². The zero-order valence-corrected chi connectivity index (χ0v) is 9.16. The van der Waals surface area contributed by atoms with E-state index in [1.54, 1.807) is 19.2 Å². The number of aromatic nitrogens is 2. The van der Waals surface area contributed by atoms with E-state index in [1.807, 2.05) is 6.92 Å². The number of rotatable bonds is 2. The molecule has 5 heteroatoms. The van der Waals surface area contributed by atoms with Gasteiger partial charge >= 0.3 is 0 Å². The van der Waals surface area contributed by atoms with E-state index < -0.39 is 0 Å². The maximum atomic E-state index is 13.5. The summed E-state index contributed by atoms with van der Waals surface area (Å²) in [6, 6.07) is 4.61. The van der Waals surface area contributed by atoms with Crippen LogP contribution in [0.1, 0.15) is 18.8 Å². The standard InChI is InChI=1S/C11H13FN4/c1-6(14-2)11-15-9-7(10(13)16-11)4-3-5-8(9)12/h3-6,14H,1-2H3,(H2,13,15,16). The molecule has 0 fully saturated rings. The van der Waals surface area contributed by atoms with Gasteiger partial charge in [0, 0.05) is 5.39 Å². The number of nitrogens with zero attached hydrogens (tertiary/aromatic N) is 2. The second kappa shape index (κ2) is 4.02. The summed E-state index contributed by atoms with van der Waals surface area (Å²) in [6.45, 7) is 1.89. The molecule has 0 aliphatic rings. The Morgan fingerprint density at radius 1 is 1.38 bits per heavy atom. The fraction of sp³-hybridized carbons (Fsp3) is 0.273. The minimum Gasteiger partial charge on any atom is -0.383 e. The largest absolute Gasteiger partial charge is 0.383 e. The topological polar surface area (TPSA) is 63.8 Å². The van der Waals surface area contributed by atoms with Crippen molar-refractivity contribution in [3.05, 3.63) is 29.8 Å². The molecule has 1 aromatic carbocycles. The first-order chi connectivity index (χ1) is 7.63. The average Bonchev–Trinajstić information content (AvgIpc) is 2.29. The summed E-state index contributed by atoms with van der Waals surface area (Å²) >= 11 is 0. The Bertz CT molecular complexity index is 527. The molecule has 0 radical (unpaired) electrons. The second-order valence-electron chi connectivity index (χ2n) is 3.61. The first-order valence-corrected chi connectivity index (χ1v) is 5.02. The highest BCUT2D eigenvalue weighted by molar-refractivity contribution is 5.88. The molecule has 0 aliphatic carbocycles. The number of nitrogen functional groups attached to an aromatic ring is 1. The first-order valence-electron chi connectivity index (χ1n) is 5.02. The molecule has 2 aromatic rings. The molecule has 2 rings (SSSR count). The zero-order chi connectivity index (χ0) is 11.7. The van der Waals surface area contributed by atoms with Crippen molar-refractivity contribution in [3.8, 4) is 0 Å². The number of anilines is 1. The third kappa shape index (κ3) is 1.69. The Labute approximate surface area is 92.7 Å². The van der Waals surface area contributed by atoms with E-state index in [0.717, 1.165) is 0 Å². The summed E-state index contributed by atoms with van der Waals surface area (Å²) in [7, 11) is 1.79. The van der Waals surface area contributed by atoms with Crippen molar-refractivity contribution in [2.75, 3.05) is 12.8 Å². The Hall–Kier alpha value is -1.75. The maximum absolute atomic E-state index is 13.5. The Morgan fingerprint density at radius 3 is 2.81 bits per heavy atom. The van der Waals surface area contributed by atoms with Crippen LogP contribution in [0.2, 0.25) is 0 Å². The van der Waals surface area contributed by atoms with E-state index in [9.17, 15) is 4.39 Å². The van der Waals surface area contributed by atoms with Crippen LogP contribution in [-0.4, -0.2) is 17.0 Å². The smallest absolute Gasteiger partial charge is 0.149 e. The highest BCUT2D eigenvalue weighted by atomic mass is 19.1. The van der Waals surface area contributed by atoms with E-state index in [-0.39, 0.29) is 17.4 Å². The molecule has 0 spiro atoms. The van der Waals surface area contributed by atoms with Gasteiger partial charge in [0.2, 0.25) is 0 Å². The van der Waals surface area contributed by atoms with Crippen molar-refractivity contribution in [3.63, 3.8) is 0 Å². The van der Waals surface area contributed by atoms with E-state index in [0.29, 0.717) is 17.0 Å². The van der Waals surface area contributed by atoms with Crippen LogP contribution in [0.4, 0.5) is 10.2 Å². The summed E-state index contributed by atoms with van der Waals surface area (Å²) in [6.07, 6.45) is 0. The van der Waals surface area contributed by atoms with E-state index >= 15 is 0 Å². The van der Waals surface area contributed by atoms with Crippen LogP contribution in [0.3, 0.4) is 0 Å². The van der Waals surface area contributed by atoms with Crippen LogP contribution >= 0.6 is 0 Å². The van der Waals surface area contributed by atoms with Crippen molar-refractivity contribution in [2.24, 2.45) is 0 Å². The molecule has 0 aliphatic heterocycles. The number of halogens is 1. The van der Waals surface area contributed by atoms with Gasteiger partial charge in [-0.2, -0.15) is 0 Å².